The minimum Gasteiger partial charge on any atom is -0.349 e. The molecule has 3 rings (SSSR count). The lowest BCUT2D eigenvalue weighted by Gasteiger charge is -2.36. The predicted molar refractivity (Wildman–Crippen MR) is 94.3 cm³/mol. The molecule has 0 bridgehead atoms. The van der Waals surface area contributed by atoms with Crippen LogP contribution in [-0.2, 0) is 13.1 Å². The predicted octanol–water partition coefficient (Wildman–Crippen LogP) is 1.13. The summed E-state index contributed by atoms with van der Waals surface area (Å²) >= 11 is 0. The summed E-state index contributed by atoms with van der Waals surface area (Å²) in [6.07, 6.45) is 1.82. The molecule has 0 aromatic carbocycles. The van der Waals surface area contributed by atoms with Gasteiger partial charge in [-0.05, 0) is 6.07 Å². The first-order chi connectivity index (χ1) is 13.0. The van der Waals surface area contributed by atoms with E-state index in [1.165, 1.54) is 12.4 Å². The Kier molecular flexibility index (Phi) is 5.77. The third-order valence-electron chi connectivity index (χ3n) is 4.18. The first-order valence-electron chi connectivity index (χ1n) is 8.50. The maximum atomic E-state index is 12.6. The van der Waals surface area contributed by atoms with Crippen LogP contribution in [0.1, 0.15) is 5.82 Å². The SMILES string of the molecule is CN=C(NCc1nccn1CC(F)(F)F)N1CCN(c2ncccn2)CC1. The summed E-state index contributed by atoms with van der Waals surface area (Å²) < 4.78 is 38.9. The van der Waals surface area contributed by atoms with Crippen LogP contribution in [0.25, 0.3) is 0 Å². The van der Waals surface area contributed by atoms with Gasteiger partial charge in [0.2, 0.25) is 5.95 Å². The molecule has 0 aliphatic carbocycles. The molecule has 27 heavy (non-hydrogen) atoms. The van der Waals surface area contributed by atoms with Gasteiger partial charge >= 0.3 is 6.18 Å². The third kappa shape index (κ3) is 5.08. The second-order valence-electron chi connectivity index (χ2n) is 6.01. The topological polar surface area (TPSA) is 74.5 Å². The van der Waals surface area contributed by atoms with Crippen molar-refractivity contribution in [3.63, 3.8) is 0 Å². The molecule has 0 radical (unpaired) electrons. The third-order valence-corrected chi connectivity index (χ3v) is 4.18. The number of hydrogen-bond acceptors (Lipinski definition) is 5. The first kappa shape index (κ1) is 18.9. The van der Waals surface area contributed by atoms with Crippen LogP contribution in [0.15, 0.2) is 35.8 Å². The second-order valence-corrected chi connectivity index (χ2v) is 6.01. The monoisotopic (exact) mass is 382 g/mol. The Morgan fingerprint density at radius 3 is 2.44 bits per heavy atom. The molecule has 1 aliphatic rings. The quantitative estimate of drug-likeness (QED) is 0.631. The van der Waals surface area contributed by atoms with Crippen LogP contribution < -0.4 is 10.2 Å². The molecule has 1 aliphatic heterocycles. The van der Waals surface area contributed by atoms with Gasteiger partial charge in [0.05, 0.1) is 6.54 Å². The smallest absolute Gasteiger partial charge is 0.349 e. The number of guanidine groups is 1. The fourth-order valence-corrected chi connectivity index (χ4v) is 2.91. The van der Waals surface area contributed by atoms with Crippen molar-refractivity contribution < 1.29 is 13.2 Å². The Labute approximate surface area is 154 Å². The average molecular weight is 382 g/mol. The number of nitrogens with zero attached hydrogens (tertiary/aromatic N) is 7. The number of anilines is 1. The number of rotatable bonds is 4. The molecule has 2 aromatic rings. The van der Waals surface area contributed by atoms with E-state index in [1.807, 2.05) is 0 Å². The molecule has 3 heterocycles. The minimum atomic E-state index is -4.28. The summed E-state index contributed by atoms with van der Waals surface area (Å²) in [5.74, 6) is 1.63. The van der Waals surface area contributed by atoms with Crippen LogP contribution in [0, 0.1) is 0 Å². The van der Waals surface area contributed by atoms with Gasteiger partial charge in [0.15, 0.2) is 5.96 Å². The van der Waals surface area contributed by atoms with Crippen molar-refractivity contribution in [1.82, 2.24) is 29.7 Å². The number of imidazole rings is 1. The van der Waals surface area contributed by atoms with Crippen LogP contribution in [0.3, 0.4) is 0 Å². The molecule has 146 valence electrons. The van der Waals surface area contributed by atoms with Gasteiger partial charge in [0.25, 0.3) is 0 Å². The molecule has 0 atom stereocenters. The Morgan fingerprint density at radius 2 is 1.81 bits per heavy atom. The average Bonchev–Trinajstić information content (AvgIpc) is 3.09. The molecule has 0 amide bonds. The minimum absolute atomic E-state index is 0.164. The van der Waals surface area contributed by atoms with Gasteiger partial charge < -0.3 is 19.7 Å². The van der Waals surface area contributed by atoms with Gasteiger partial charge in [-0.2, -0.15) is 13.2 Å². The van der Waals surface area contributed by atoms with Crippen molar-refractivity contribution in [3.8, 4) is 0 Å². The summed E-state index contributed by atoms with van der Waals surface area (Å²) in [6.45, 7) is 1.97. The fourth-order valence-electron chi connectivity index (χ4n) is 2.91. The van der Waals surface area contributed by atoms with Gasteiger partial charge in [-0.25, -0.2) is 15.0 Å². The maximum Gasteiger partial charge on any atom is 0.406 e. The van der Waals surface area contributed by atoms with E-state index in [1.54, 1.807) is 25.5 Å². The fraction of sp³-hybridized carbons (Fsp3) is 0.500. The Morgan fingerprint density at radius 1 is 1.11 bits per heavy atom. The number of alkyl halides is 3. The zero-order chi connectivity index (χ0) is 19.3. The Hall–Kier alpha value is -2.85. The van der Waals surface area contributed by atoms with Crippen molar-refractivity contribution >= 4 is 11.9 Å². The van der Waals surface area contributed by atoms with Gasteiger partial charge in [0, 0.05) is 58.0 Å². The van der Waals surface area contributed by atoms with Crippen LogP contribution in [0.5, 0.6) is 0 Å². The normalized spacial score (nSPS) is 15.9. The largest absolute Gasteiger partial charge is 0.406 e. The van der Waals surface area contributed by atoms with E-state index in [0.29, 0.717) is 30.8 Å². The highest BCUT2D eigenvalue weighted by Crippen LogP contribution is 2.18. The van der Waals surface area contributed by atoms with Gasteiger partial charge in [0.1, 0.15) is 12.4 Å². The number of hydrogen-bond donors (Lipinski definition) is 1. The van der Waals surface area contributed by atoms with E-state index in [-0.39, 0.29) is 6.54 Å². The van der Waals surface area contributed by atoms with Crippen LogP contribution in [-0.4, -0.2) is 69.8 Å². The van der Waals surface area contributed by atoms with E-state index in [9.17, 15) is 13.2 Å². The van der Waals surface area contributed by atoms with Gasteiger partial charge in [-0.1, -0.05) is 0 Å². The molecule has 0 unspecified atom stereocenters. The maximum absolute atomic E-state index is 12.6. The highest BCUT2D eigenvalue weighted by molar-refractivity contribution is 5.80. The first-order valence-corrected chi connectivity index (χ1v) is 8.50. The molecule has 0 spiro atoms. The lowest BCUT2D eigenvalue weighted by Crippen LogP contribution is -2.52. The number of aromatic nitrogens is 4. The number of aliphatic imine (C=N–C) groups is 1. The second kappa shape index (κ2) is 8.23. The van der Waals surface area contributed by atoms with Crippen molar-refractivity contribution in [3.05, 3.63) is 36.7 Å². The van der Waals surface area contributed by atoms with Crippen LogP contribution in [0.2, 0.25) is 0 Å². The molecule has 2 aromatic heterocycles. The molecule has 1 saturated heterocycles. The molecule has 1 fully saturated rings. The Balaban J connectivity index is 1.54. The number of piperazine rings is 1. The van der Waals surface area contributed by atoms with Crippen molar-refractivity contribution in [2.24, 2.45) is 4.99 Å². The number of halogens is 3. The standard InChI is InChI=1S/C16H21F3N8/c1-20-14(24-11-13-21-5-6-27(13)12-16(17,18)19)25-7-9-26(10-8-25)15-22-3-2-4-23-15/h2-6H,7-12H2,1H3,(H,20,24). The molecule has 1 N–H and O–H groups in total. The summed E-state index contributed by atoms with van der Waals surface area (Å²) in [6, 6.07) is 1.77. The molecule has 0 saturated carbocycles. The van der Waals surface area contributed by atoms with E-state index in [0.717, 1.165) is 17.7 Å². The van der Waals surface area contributed by atoms with Crippen LogP contribution >= 0.6 is 0 Å². The zero-order valence-electron chi connectivity index (χ0n) is 14.9. The van der Waals surface area contributed by atoms with Crippen molar-refractivity contribution in [2.45, 2.75) is 19.3 Å². The molecule has 8 nitrogen and oxygen atoms in total. The van der Waals surface area contributed by atoms with Crippen molar-refractivity contribution in [1.29, 1.82) is 0 Å². The van der Waals surface area contributed by atoms with E-state index in [2.05, 4.69) is 35.1 Å². The molecular formula is C16H21F3N8. The van der Waals surface area contributed by atoms with Crippen LogP contribution in [0.4, 0.5) is 19.1 Å². The van der Waals surface area contributed by atoms with E-state index < -0.39 is 12.7 Å². The van der Waals surface area contributed by atoms with Crippen molar-refractivity contribution in [2.75, 3.05) is 38.1 Å². The van der Waals surface area contributed by atoms with E-state index >= 15 is 0 Å². The van der Waals surface area contributed by atoms with Gasteiger partial charge in [-0.15, -0.1) is 0 Å². The summed E-state index contributed by atoms with van der Waals surface area (Å²) in [7, 11) is 1.65. The summed E-state index contributed by atoms with van der Waals surface area (Å²) in [5.41, 5.74) is 0. The summed E-state index contributed by atoms with van der Waals surface area (Å²) in [4.78, 5) is 20.9. The van der Waals surface area contributed by atoms with Gasteiger partial charge in [-0.3, -0.25) is 4.99 Å². The zero-order valence-corrected chi connectivity index (χ0v) is 14.9. The molecule has 11 heteroatoms. The Bertz CT molecular complexity index is 751. The highest BCUT2D eigenvalue weighted by Gasteiger charge is 2.29. The number of nitrogens with one attached hydrogen (secondary N) is 1. The molecular weight excluding hydrogens is 361 g/mol. The summed E-state index contributed by atoms with van der Waals surface area (Å²) in [5, 5.41) is 3.10. The highest BCUT2D eigenvalue weighted by atomic mass is 19.4. The van der Waals surface area contributed by atoms with E-state index in [4.69, 9.17) is 0 Å². The lowest BCUT2D eigenvalue weighted by molar-refractivity contribution is -0.141. The lowest BCUT2D eigenvalue weighted by atomic mass is 10.3.